The number of nitrogens with zero attached hydrogens (tertiary/aromatic N) is 4. The van der Waals surface area contributed by atoms with Crippen molar-refractivity contribution in [2.24, 2.45) is 28.2 Å². The molecule has 0 aliphatic carbocycles. The predicted octanol–water partition coefficient (Wildman–Crippen LogP) is -0.202. The minimum Gasteiger partial charge on any atom is -0.237 e. The second-order valence-electron chi connectivity index (χ2n) is 4.37. The second kappa shape index (κ2) is 4.12. The molecule has 2 rings (SSSR count). The van der Waals surface area contributed by atoms with Gasteiger partial charge in [0.15, 0.2) is 0 Å². The Balaban J connectivity index is 2.14. The molecule has 0 atom stereocenters. The van der Waals surface area contributed by atoms with Gasteiger partial charge in [0, 0.05) is 0 Å². The van der Waals surface area contributed by atoms with Crippen LogP contribution < -0.4 is 9.13 Å². The normalized spacial score (nSPS) is 11.0. The molecule has 0 N–H and O–H groups in total. The molecular weight excluding hydrogens is 200 g/mol. The summed E-state index contributed by atoms with van der Waals surface area (Å²) in [5, 5.41) is 0. The lowest BCUT2D eigenvalue weighted by atomic mass is 10.2. The molecule has 16 heavy (non-hydrogen) atoms. The summed E-state index contributed by atoms with van der Waals surface area (Å²) in [4.78, 5) is 0. The SMILES string of the molecule is Cn1cc[n+](C)c1CCc1n(C)cc[n+]1C. The summed E-state index contributed by atoms with van der Waals surface area (Å²) < 4.78 is 8.73. The zero-order chi connectivity index (χ0) is 11.7. The Morgan fingerprint density at radius 3 is 1.50 bits per heavy atom. The van der Waals surface area contributed by atoms with E-state index >= 15 is 0 Å². The number of imidazole rings is 2. The molecule has 0 aliphatic heterocycles. The lowest BCUT2D eigenvalue weighted by Gasteiger charge is -1.98. The fourth-order valence-electron chi connectivity index (χ4n) is 2.17. The van der Waals surface area contributed by atoms with Gasteiger partial charge in [-0.15, -0.1) is 0 Å². The first kappa shape index (κ1) is 10.9. The summed E-state index contributed by atoms with van der Waals surface area (Å²) in [5.74, 6) is 2.70. The molecule has 0 saturated carbocycles. The van der Waals surface area contributed by atoms with Crippen molar-refractivity contribution in [2.45, 2.75) is 12.8 Å². The van der Waals surface area contributed by atoms with Crippen molar-refractivity contribution in [3.05, 3.63) is 36.4 Å². The number of aryl methyl sites for hydroxylation is 4. The summed E-state index contributed by atoms with van der Waals surface area (Å²) >= 11 is 0. The van der Waals surface area contributed by atoms with Gasteiger partial charge < -0.3 is 0 Å². The Morgan fingerprint density at radius 1 is 0.875 bits per heavy atom. The van der Waals surface area contributed by atoms with Crippen molar-refractivity contribution < 1.29 is 9.13 Å². The van der Waals surface area contributed by atoms with Crippen LogP contribution in [0.15, 0.2) is 24.8 Å². The molecule has 4 heteroatoms. The Bertz CT molecular complexity index is 408. The largest absolute Gasteiger partial charge is 0.256 e. The van der Waals surface area contributed by atoms with Gasteiger partial charge in [0.05, 0.1) is 41.0 Å². The van der Waals surface area contributed by atoms with Gasteiger partial charge in [0.1, 0.15) is 24.8 Å². The van der Waals surface area contributed by atoms with Crippen molar-refractivity contribution in [3.8, 4) is 0 Å². The molecule has 0 radical (unpaired) electrons. The van der Waals surface area contributed by atoms with Crippen LogP contribution in [0, 0.1) is 0 Å². The summed E-state index contributed by atoms with van der Waals surface area (Å²) in [5.41, 5.74) is 0. The van der Waals surface area contributed by atoms with E-state index in [1.54, 1.807) is 0 Å². The fourth-order valence-corrected chi connectivity index (χ4v) is 2.17. The van der Waals surface area contributed by atoms with Crippen LogP contribution in [0.25, 0.3) is 0 Å². The maximum atomic E-state index is 2.18. The molecular formula is C12H20N4+2. The van der Waals surface area contributed by atoms with Crippen LogP contribution in [0.4, 0.5) is 0 Å². The van der Waals surface area contributed by atoms with Crippen LogP contribution >= 0.6 is 0 Å². The van der Waals surface area contributed by atoms with Crippen LogP contribution in [-0.4, -0.2) is 9.13 Å². The summed E-state index contributed by atoms with van der Waals surface area (Å²) in [6.45, 7) is 0. The van der Waals surface area contributed by atoms with E-state index in [1.807, 2.05) is 0 Å². The first-order chi connectivity index (χ1) is 7.59. The molecule has 4 nitrogen and oxygen atoms in total. The van der Waals surface area contributed by atoms with Gasteiger partial charge in [0.25, 0.3) is 11.6 Å². The van der Waals surface area contributed by atoms with E-state index in [9.17, 15) is 0 Å². The molecule has 0 aliphatic rings. The summed E-state index contributed by atoms with van der Waals surface area (Å²) in [6, 6.07) is 0. The van der Waals surface area contributed by atoms with E-state index in [1.165, 1.54) is 11.6 Å². The lowest BCUT2D eigenvalue weighted by molar-refractivity contribution is -0.683. The topological polar surface area (TPSA) is 17.6 Å². The molecule has 0 saturated heterocycles. The maximum absolute atomic E-state index is 2.18. The average Bonchev–Trinajstić information content (AvgIpc) is 2.72. The number of hydrogen-bond donors (Lipinski definition) is 0. The van der Waals surface area contributed by atoms with E-state index in [-0.39, 0.29) is 0 Å². The average molecular weight is 220 g/mol. The van der Waals surface area contributed by atoms with Crippen LogP contribution in [0.2, 0.25) is 0 Å². The Labute approximate surface area is 96.4 Å². The van der Waals surface area contributed by atoms with Gasteiger partial charge >= 0.3 is 0 Å². The van der Waals surface area contributed by atoms with E-state index in [2.05, 4.69) is 71.2 Å². The van der Waals surface area contributed by atoms with E-state index in [0.29, 0.717) is 0 Å². The first-order valence-corrected chi connectivity index (χ1v) is 5.59. The van der Waals surface area contributed by atoms with E-state index in [4.69, 9.17) is 0 Å². The Kier molecular flexibility index (Phi) is 2.81. The molecule has 2 heterocycles. The molecule has 0 amide bonds. The molecule has 0 bridgehead atoms. The molecule has 2 aromatic rings. The molecule has 2 aromatic heterocycles. The summed E-state index contributed by atoms with van der Waals surface area (Å²) in [6.07, 6.45) is 10.5. The highest BCUT2D eigenvalue weighted by molar-refractivity contribution is 4.89. The smallest absolute Gasteiger partial charge is 0.237 e. The van der Waals surface area contributed by atoms with Gasteiger partial charge in [-0.25, -0.2) is 18.3 Å². The Morgan fingerprint density at radius 2 is 1.25 bits per heavy atom. The molecule has 86 valence electrons. The highest BCUT2D eigenvalue weighted by atomic mass is 15.1. The van der Waals surface area contributed by atoms with Gasteiger partial charge in [-0.3, -0.25) is 0 Å². The molecule has 0 aromatic carbocycles. The molecule has 0 spiro atoms. The van der Waals surface area contributed by atoms with Crippen molar-refractivity contribution in [1.29, 1.82) is 0 Å². The zero-order valence-corrected chi connectivity index (χ0v) is 10.5. The summed E-state index contributed by atoms with van der Waals surface area (Å²) in [7, 11) is 8.39. The predicted molar refractivity (Wildman–Crippen MR) is 60.6 cm³/mol. The van der Waals surface area contributed by atoms with Crippen molar-refractivity contribution >= 4 is 0 Å². The van der Waals surface area contributed by atoms with Crippen molar-refractivity contribution in [3.63, 3.8) is 0 Å². The van der Waals surface area contributed by atoms with Crippen molar-refractivity contribution in [1.82, 2.24) is 9.13 Å². The first-order valence-electron chi connectivity index (χ1n) is 5.59. The highest BCUT2D eigenvalue weighted by Crippen LogP contribution is 2.00. The number of rotatable bonds is 3. The standard InChI is InChI=1S/C12H20N4/c1-13-7-8-14(2)11(13)5-6-12-15(3)9-10-16(12)4/h7-10H,5-6H2,1-4H3/q+2. The highest BCUT2D eigenvalue weighted by Gasteiger charge is 2.16. The van der Waals surface area contributed by atoms with Crippen LogP contribution in [0.3, 0.4) is 0 Å². The van der Waals surface area contributed by atoms with Crippen LogP contribution in [0.5, 0.6) is 0 Å². The molecule has 0 unspecified atom stereocenters. The van der Waals surface area contributed by atoms with Crippen LogP contribution in [0.1, 0.15) is 11.6 Å². The van der Waals surface area contributed by atoms with Gasteiger partial charge in [-0.05, 0) is 0 Å². The monoisotopic (exact) mass is 220 g/mol. The Hall–Kier alpha value is -1.58. The third-order valence-electron chi connectivity index (χ3n) is 3.23. The minimum atomic E-state index is 1.06. The third kappa shape index (κ3) is 1.87. The lowest BCUT2D eigenvalue weighted by Crippen LogP contribution is -2.35. The van der Waals surface area contributed by atoms with Gasteiger partial charge in [0.2, 0.25) is 0 Å². The fraction of sp³-hybridized carbons (Fsp3) is 0.500. The number of hydrogen-bond acceptors (Lipinski definition) is 0. The van der Waals surface area contributed by atoms with Gasteiger partial charge in [-0.1, -0.05) is 0 Å². The van der Waals surface area contributed by atoms with Crippen molar-refractivity contribution in [2.75, 3.05) is 0 Å². The van der Waals surface area contributed by atoms with E-state index < -0.39 is 0 Å². The molecule has 0 fully saturated rings. The third-order valence-corrected chi connectivity index (χ3v) is 3.23. The van der Waals surface area contributed by atoms with Crippen LogP contribution in [-0.2, 0) is 41.0 Å². The zero-order valence-electron chi connectivity index (χ0n) is 10.5. The second-order valence-corrected chi connectivity index (χ2v) is 4.37. The quantitative estimate of drug-likeness (QED) is 0.638. The number of aromatic nitrogens is 4. The minimum absolute atomic E-state index is 1.06. The maximum Gasteiger partial charge on any atom is 0.256 e. The van der Waals surface area contributed by atoms with Gasteiger partial charge in [-0.2, -0.15) is 0 Å². The van der Waals surface area contributed by atoms with E-state index in [0.717, 1.165) is 12.8 Å².